The smallest absolute Gasteiger partial charge is 0.246 e. The van der Waals surface area contributed by atoms with Crippen LogP contribution >= 0.6 is 0 Å². The number of aliphatic hydroxyl groups is 1. The molecule has 0 radical (unpaired) electrons. The van der Waals surface area contributed by atoms with Gasteiger partial charge in [-0.1, -0.05) is 6.08 Å². The van der Waals surface area contributed by atoms with Gasteiger partial charge >= 0.3 is 0 Å². The van der Waals surface area contributed by atoms with Crippen molar-refractivity contribution in [3.63, 3.8) is 0 Å². The van der Waals surface area contributed by atoms with Crippen molar-refractivity contribution in [3.05, 3.63) is 12.2 Å². The molecular formula is C9H16N2O2. The molecule has 74 valence electrons. The number of aliphatic hydroxyl groups excluding tert-OH is 1. The molecule has 0 unspecified atom stereocenters. The topological polar surface area (TPSA) is 52.6 Å². The molecule has 4 heteroatoms. The van der Waals surface area contributed by atoms with E-state index in [1.807, 2.05) is 0 Å². The molecule has 2 atom stereocenters. The number of hydrogen-bond acceptors (Lipinski definition) is 3. The van der Waals surface area contributed by atoms with Gasteiger partial charge in [-0.2, -0.15) is 0 Å². The highest BCUT2D eigenvalue weighted by Crippen LogP contribution is 2.07. The van der Waals surface area contributed by atoms with Gasteiger partial charge in [0.05, 0.1) is 12.1 Å². The van der Waals surface area contributed by atoms with Gasteiger partial charge < -0.3 is 15.3 Å². The van der Waals surface area contributed by atoms with Crippen LogP contribution in [0.15, 0.2) is 12.2 Å². The van der Waals surface area contributed by atoms with Crippen molar-refractivity contribution >= 4 is 5.91 Å². The van der Waals surface area contributed by atoms with Crippen molar-refractivity contribution in [1.82, 2.24) is 10.2 Å². The van der Waals surface area contributed by atoms with Crippen LogP contribution in [0.3, 0.4) is 0 Å². The summed E-state index contributed by atoms with van der Waals surface area (Å²) >= 11 is 0. The number of amides is 1. The molecule has 0 saturated carbocycles. The van der Waals surface area contributed by atoms with E-state index in [4.69, 9.17) is 0 Å². The average Bonchev–Trinajstić information content (AvgIpc) is 2.50. The van der Waals surface area contributed by atoms with Crippen LogP contribution < -0.4 is 5.32 Å². The van der Waals surface area contributed by atoms with Crippen LogP contribution in [0.2, 0.25) is 0 Å². The van der Waals surface area contributed by atoms with Gasteiger partial charge in [0, 0.05) is 20.1 Å². The minimum Gasteiger partial charge on any atom is -0.390 e. The first-order valence-electron chi connectivity index (χ1n) is 4.45. The maximum Gasteiger partial charge on any atom is 0.246 e. The molecule has 0 bridgehead atoms. The summed E-state index contributed by atoms with van der Waals surface area (Å²) < 4.78 is 0. The Morgan fingerprint density at radius 3 is 2.77 bits per heavy atom. The van der Waals surface area contributed by atoms with Gasteiger partial charge in [-0.25, -0.2) is 0 Å². The van der Waals surface area contributed by atoms with Crippen LogP contribution in [0.5, 0.6) is 0 Å². The summed E-state index contributed by atoms with van der Waals surface area (Å²) in [5.41, 5.74) is 0. The number of hydrogen-bond donors (Lipinski definition) is 2. The van der Waals surface area contributed by atoms with Crippen LogP contribution in [0, 0.1) is 0 Å². The zero-order valence-electron chi connectivity index (χ0n) is 8.03. The number of rotatable bonds is 2. The Kier molecular flexibility index (Phi) is 3.45. The second-order valence-corrected chi connectivity index (χ2v) is 3.24. The molecule has 13 heavy (non-hydrogen) atoms. The molecule has 1 heterocycles. The van der Waals surface area contributed by atoms with Crippen LogP contribution in [0.1, 0.15) is 6.92 Å². The Bertz CT molecular complexity index is 216. The molecule has 1 saturated heterocycles. The first kappa shape index (κ1) is 10.2. The molecule has 2 N–H and O–H groups in total. The van der Waals surface area contributed by atoms with Crippen LogP contribution in [0.4, 0.5) is 0 Å². The van der Waals surface area contributed by atoms with Gasteiger partial charge in [0.1, 0.15) is 0 Å². The lowest BCUT2D eigenvalue weighted by molar-refractivity contribution is -0.128. The van der Waals surface area contributed by atoms with Gasteiger partial charge in [0.15, 0.2) is 0 Å². The third-order valence-corrected chi connectivity index (χ3v) is 2.31. The Morgan fingerprint density at radius 2 is 2.31 bits per heavy atom. The number of nitrogens with zero attached hydrogens (tertiary/aromatic N) is 1. The zero-order valence-corrected chi connectivity index (χ0v) is 8.03. The number of nitrogens with one attached hydrogen (secondary N) is 1. The van der Waals surface area contributed by atoms with Gasteiger partial charge in [-0.3, -0.25) is 4.79 Å². The lowest BCUT2D eigenvalue weighted by Crippen LogP contribution is -2.43. The highest BCUT2D eigenvalue weighted by Gasteiger charge is 2.29. The molecule has 1 aliphatic rings. The number of allylic oxidation sites excluding steroid dienone is 1. The lowest BCUT2D eigenvalue weighted by Gasteiger charge is -2.25. The average molecular weight is 184 g/mol. The lowest BCUT2D eigenvalue weighted by atomic mass is 10.2. The number of carbonyl (C=O) groups excluding carboxylic acids is 1. The Hall–Kier alpha value is -0.870. The SMILES string of the molecule is C/C=C/C(=O)N(C)[C@H]1CNC[C@@H]1O. The summed E-state index contributed by atoms with van der Waals surface area (Å²) in [7, 11) is 1.71. The molecule has 1 rings (SSSR count). The highest BCUT2D eigenvalue weighted by atomic mass is 16.3. The van der Waals surface area contributed by atoms with E-state index >= 15 is 0 Å². The number of likely N-dealkylation sites (N-methyl/N-ethyl adjacent to an activating group) is 1. The van der Waals surface area contributed by atoms with Crippen molar-refractivity contribution < 1.29 is 9.90 Å². The van der Waals surface area contributed by atoms with Crippen molar-refractivity contribution in [2.24, 2.45) is 0 Å². The van der Waals surface area contributed by atoms with E-state index in [9.17, 15) is 9.90 Å². The Balaban J connectivity index is 2.55. The quantitative estimate of drug-likeness (QED) is 0.561. The molecule has 1 amide bonds. The molecule has 0 aromatic carbocycles. The van der Waals surface area contributed by atoms with E-state index in [1.165, 1.54) is 6.08 Å². The second-order valence-electron chi connectivity index (χ2n) is 3.24. The summed E-state index contributed by atoms with van der Waals surface area (Å²) in [4.78, 5) is 12.9. The first-order chi connectivity index (χ1) is 6.16. The van der Waals surface area contributed by atoms with Crippen molar-refractivity contribution in [3.8, 4) is 0 Å². The van der Waals surface area contributed by atoms with Gasteiger partial charge in [0.25, 0.3) is 0 Å². The van der Waals surface area contributed by atoms with Crippen LogP contribution in [-0.4, -0.2) is 48.2 Å². The van der Waals surface area contributed by atoms with Gasteiger partial charge in [-0.15, -0.1) is 0 Å². The maximum absolute atomic E-state index is 11.4. The standard InChI is InChI=1S/C9H16N2O2/c1-3-4-9(13)11(2)7-5-10-6-8(7)12/h3-4,7-8,10,12H,5-6H2,1-2H3/b4-3+/t7-,8-/m0/s1. The second kappa shape index (κ2) is 4.39. The summed E-state index contributed by atoms with van der Waals surface area (Å²) in [6.45, 7) is 3.04. The van der Waals surface area contributed by atoms with Crippen molar-refractivity contribution in [2.45, 2.75) is 19.1 Å². The van der Waals surface area contributed by atoms with E-state index in [-0.39, 0.29) is 11.9 Å². The molecule has 1 aliphatic heterocycles. The minimum atomic E-state index is -0.445. The normalized spacial score (nSPS) is 28.2. The zero-order chi connectivity index (χ0) is 9.84. The molecule has 0 spiro atoms. The fraction of sp³-hybridized carbons (Fsp3) is 0.667. The monoisotopic (exact) mass is 184 g/mol. The summed E-state index contributed by atoms with van der Waals surface area (Å²) in [6.07, 6.45) is 2.76. The van der Waals surface area contributed by atoms with Crippen molar-refractivity contribution in [2.75, 3.05) is 20.1 Å². The van der Waals surface area contributed by atoms with Gasteiger partial charge in [-0.05, 0) is 13.0 Å². The summed E-state index contributed by atoms with van der Waals surface area (Å²) in [5, 5.41) is 12.5. The molecular weight excluding hydrogens is 168 g/mol. The fourth-order valence-corrected chi connectivity index (χ4v) is 1.47. The Labute approximate surface area is 78.2 Å². The third-order valence-electron chi connectivity index (χ3n) is 2.31. The number of β-amino-alcohol motifs (C(OH)–C–C–N with tert-alkyl or cyclic N) is 1. The van der Waals surface area contributed by atoms with Crippen molar-refractivity contribution in [1.29, 1.82) is 0 Å². The third kappa shape index (κ3) is 2.29. The van der Waals surface area contributed by atoms with E-state index in [2.05, 4.69) is 5.32 Å². The van der Waals surface area contributed by atoms with Crippen LogP contribution in [0.25, 0.3) is 0 Å². The fourth-order valence-electron chi connectivity index (χ4n) is 1.47. The van der Waals surface area contributed by atoms with E-state index in [0.717, 1.165) is 0 Å². The Morgan fingerprint density at radius 1 is 1.62 bits per heavy atom. The molecule has 1 fully saturated rings. The predicted molar refractivity (Wildman–Crippen MR) is 50.2 cm³/mol. The largest absolute Gasteiger partial charge is 0.390 e. The minimum absolute atomic E-state index is 0.0600. The van der Waals surface area contributed by atoms with Gasteiger partial charge in [0.2, 0.25) is 5.91 Å². The molecule has 0 aromatic rings. The number of carbonyl (C=O) groups is 1. The summed E-state index contributed by atoms with van der Waals surface area (Å²) in [6, 6.07) is -0.0938. The maximum atomic E-state index is 11.4. The molecule has 0 aliphatic carbocycles. The summed E-state index contributed by atoms with van der Waals surface area (Å²) in [5.74, 6) is -0.0600. The van der Waals surface area contributed by atoms with E-state index in [1.54, 1.807) is 24.9 Å². The van der Waals surface area contributed by atoms with E-state index in [0.29, 0.717) is 13.1 Å². The molecule has 4 nitrogen and oxygen atoms in total. The van der Waals surface area contributed by atoms with Crippen LogP contribution in [-0.2, 0) is 4.79 Å². The predicted octanol–water partition coefficient (Wildman–Crippen LogP) is -0.646. The molecule has 0 aromatic heterocycles. The highest BCUT2D eigenvalue weighted by molar-refractivity contribution is 5.87. The first-order valence-corrected chi connectivity index (χ1v) is 4.45. The van der Waals surface area contributed by atoms with E-state index < -0.39 is 6.10 Å².